The molecule has 160 valence electrons. The van der Waals surface area contributed by atoms with Gasteiger partial charge < -0.3 is 0 Å². The summed E-state index contributed by atoms with van der Waals surface area (Å²) >= 11 is 1.54. The van der Waals surface area contributed by atoms with Crippen LogP contribution in [0.15, 0.2) is 65.7 Å². The number of rotatable bonds is 3. The molecule has 2 aromatic carbocycles. The molecule has 1 spiro atoms. The van der Waals surface area contributed by atoms with E-state index in [1.165, 1.54) is 16.4 Å². The van der Waals surface area contributed by atoms with Crippen molar-refractivity contribution in [3.8, 4) is 0 Å². The third kappa shape index (κ3) is 3.40. The van der Waals surface area contributed by atoms with Gasteiger partial charge in [0.05, 0.1) is 16.1 Å². The number of halogens is 1. The van der Waals surface area contributed by atoms with Gasteiger partial charge in [0.25, 0.3) is 0 Å². The number of anilines is 1. The standard InChI is InChI=1S/C22H20FN3O3S2/c23-17-6-8-18(9-7-17)26-20(27)15-30-22(26)10-13-25(14-11-22)31(28,29)19-5-1-3-16-4-2-12-24-21(16)19/h1-9,12H,10-11,13-15H2. The first-order valence-electron chi connectivity index (χ1n) is 9.97. The van der Waals surface area contributed by atoms with E-state index in [-0.39, 0.29) is 16.6 Å². The Morgan fingerprint density at radius 2 is 1.71 bits per heavy atom. The van der Waals surface area contributed by atoms with Gasteiger partial charge in [0.2, 0.25) is 15.9 Å². The van der Waals surface area contributed by atoms with E-state index < -0.39 is 14.9 Å². The van der Waals surface area contributed by atoms with Crippen LogP contribution in [-0.2, 0) is 14.8 Å². The number of thioether (sulfide) groups is 1. The van der Waals surface area contributed by atoms with Crippen LogP contribution in [0.25, 0.3) is 10.9 Å². The monoisotopic (exact) mass is 457 g/mol. The summed E-state index contributed by atoms with van der Waals surface area (Å²) in [6.07, 6.45) is 2.59. The third-order valence-corrected chi connectivity index (χ3v) is 9.37. The van der Waals surface area contributed by atoms with Gasteiger partial charge in [-0.05, 0) is 49.2 Å². The molecule has 0 N–H and O–H groups in total. The Hall–Kier alpha value is -2.49. The van der Waals surface area contributed by atoms with Crippen molar-refractivity contribution < 1.29 is 17.6 Å². The van der Waals surface area contributed by atoms with E-state index in [1.807, 2.05) is 12.1 Å². The van der Waals surface area contributed by atoms with Crippen LogP contribution in [0.4, 0.5) is 10.1 Å². The van der Waals surface area contributed by atoms with Crippen molar-refractivity contribution in [2.45, 2.75) is 22.6 Å². The Morgan fingerprint density at radius 1 is 1.00 bits per heavy atom. The van der Waals surface area contributed by atoms with Gasteiger partial charge in [0, 0.05) is 30.4 Å². The highest BCUT2D eigenvalue weighted by atomic mass is 32.2. The topological polar surface area (TPSA) is 70.6 Å². The molecule has 5 rings (SSSR count). The highest BCUT2D eigenvalue weighted by molar-refractivity contribution is 8.02. The predicted molar refractivity (Wildman–Crippen MR) is 119 cm³/mol. The van der Waals surface area contributed by atoms with E-state index >= 15 is 0 Å². The molecule has 0 saturated carbocycles. The number of piperidine rings is 1. The van der Waals surface area contributed by atoms with Crippen molar-refractivity contribution in [1.82, 2.24) is 9.29 Å². The minimum Gasteiger partial charge on any atom is -0.296 e. The number of sulfonamides is 1. The second-order valence-electron chi connectivity index (χ2n) is 7.68. The van der Waals surface area contributed by atoms with Gasteiger partial charge >= 0.3 is 0 Å². The highest BCUT2D eigenvalue weighted by Crippen LogP contribution is 2.47. The summed E-state index contributed by atoms with van der Waals surface area (Å²) in [4.78, 5) is 18.3. The summed E-state index contributed by atoms with van der Waals surface area (Å²) in [5.41, 5.74) is 1.11. The van der Waals surface area contributed by atoms with Gasteiger partial charge in [-0.1, -0.05) is 18.2 Å². The normalized spacial score (nSPS) is 19.4. The molecule has 0 bridgehead atoms. The van der Waals surface area contributed by atoms with Gasteiger partial charge in [-0.2, -0.15) is 4.31 Å². The minimum absolute atomic E-state index is 0.0360. The van der Waals surface area contributed by atoms with Crippen molar-refractivity contribution >= 4 is 44.3 Å². The smallest absolute Gasteiger partial charge is 0.245 e. The first-order valence-corrected chi connectivity index (χ1v) is 12.4. The second-order valence-corrected chi connectivity index (χ2v) is 10.9. The van der Waals surface area contributed by atoms with Crippen LogP contribution < -0.4 is 4.90 Å². The molecular formula is C22H20FN3O3S2. The molecule has 0 atom stereocenters. The summed E-state index contributed by atoms with van der Waals surface area (Å²) in [5, 5.41) is 0.775. The number of benzene rings is 2. The van der Waals surface area contributed by atoms with Crippen LogP contribution in [0, 0.1) is 5.82 Å². The van der Waals surface area contributed by atoms with Gasteiger partial charge in [-0.25, -0.2) is 12.8 Å². The molecule has 3 heterocycles. The molecule has 2 aliphatic rings. The molecule has 31 heavy (non-hydrogen) atoms. The van der Waals surface area contributed by atoms with Crippen LogP contribution in [0.3, 0.4) is 0 Å². The van der Waals surface area contributed by atoms with Crippen molar-refractivity contribution in [2.75, 3.05) is 23.7 Å². The second kappa shape index (κ2) is 7.58. The van der Waals surface area contributed by atoms with Crippen LogP contribution in [0.5, 0.6) is 0 Å². The Kier molecular flexibility index (Phi) is 4.99. The minimum atomic E-state index is -3.73. The number of carbonyl (C=O) groups excluding carboxylic acids is 1. The zero-order chi connectivity index (χ0) is 21.6. The zero-order valence-corrected chi connectivity index (χ0v) is 18.2. The first kappa shape index (κ1) is 20.4. The summed E-state index contributed by atoms with van der Waals surface area (Å²) < 4.78 is 41.7. The van der Waals surface area contributed by atoms with Crippen molar-refractivity contribution in [3.05, 3.63) is 66.6 Å². The number of hydrogen-bond acceptors (Lipinski definition) is 5. The van der Waals surface area contributed by atoms with E-state index in [9.17, 15) is 17.6 Å². The molecule has 1 amide bonds. The maximum atomic E-state index is 13.4. The molecule has 9 heteroatoms. The number of pyridine rings is 1. The van der Waals surface area contributed by atoms with Gasteiger partial charge in [0.15, 0.2) is 0 Å². The van der Waals surface area contributed by atoms with E-state index in [2.05, 4.69) is 4.98 Å². The fourth-order valence-electron chi connectivity index (χ4n) is 4.39. The molecule has 0 aliphatic carbocycles. The van der Waals surface area contributed by atoms with Gasteiger partial charge in [-0.3, -0.25) is 14.7 Å². The molecule has 2 aliphatic heterocycles. The summed E-state index contributed by atoms with van der Waals surface area (Å²) in [6.45, 7) is 0.590. The Labute approximate surface area is 184 Å². The molecule has 1 aromatic heterocycles. The van der Waals surface area contributed by atoms with E-state index in [0.29, 0.717) is 42.9 Å². The number of nitrogens with zero attached hydrogens (tertiary/aromatic N) is 3. The molecule has 2 saturated heterocycles. The lowest BCUT2D eigenvalue weighted by Gasteiger charge is -2.43. The fraction of sp³-hybridized carbons (Fsp3) is 0.273. The van der Waals surface area contributed by atoms with Crippen molar-refractivity contribution in [2.24, 2.45) is 0 Å². The third-order valence-electron chi connectivity index (χ3n) is 5.92. The van der Waals surface area contributed by atoms with Crippen LogP contribution in [-0.4, -0.2) is 47.3 Å². The average molecular weight is 458 g/mol. The number of hydrogen-bond donors (Lipinski definition) is 0. The largest absolute Gasteiger partial charge is 0.296 e. The Morgan fingerprint density at radius 3 is 2.45 bits per heavy atom. The zero-order valence-electron chi connectivity index (χ0n) is 16.6. The van der Waals surface area contributed by atoms with Crippen LogP contribution in [0.2, 0.25) is 0 Å². The van der Waals surface area contributed by atoms with Crippen molar-refractivity contribution in [1.29, 1.82) is 0 Å². The van der Waals surface area contributed by atoms with Gasteiger partial charge in [0.1, 0.15) is 10.7 Å². The predicted octanol–water partition coefficient (Wildman–Crippen LogP) is 3.63. The fourth-order valence-corrected chi connectivity index (χ4v) is 7.32. The van der Waals surface area contributed by atoms with Crippen molar-refractivity contribution in [3.63, 3.8) is 0 Å². The van der Waals surface area contributed by atoms with Gasteiger partial charge in [-0.15, -0.1) is 11.8 Å². The lowest BCUT2D eigenvalue weighted by atomic mass is 10.0. The average Bonchev–Trinajstić information content (AvgIpc) is 3.09. The number of aromatic nitrogens is 1. The lowest BCUT2D eigenvalue weighted by Crippen LogP contribution is -2.53. The lowest BCUT2D eigenvalue weighted by molar-refractivity contribution is -0.116. The molecule has 2 fully saturated rings. The number of para-hydroxylation sites is 1. The van der Waals surface area contributed by atoms with Crippen LogP contribution in [0.1, 0.15) is 12.8 Å². The highest BCUT2D eigenvalue weighted by Gasteiger charge is 2.50. The van der Waals surface area contributed by atoms with Crippen LogP contribution >= 0.6 is 11.8 Å². The molecule has 0 radical (unpaired) electrons. The Balaban J connectivity index is 1.43. The molecule has 6 nitrogen and oxygen atoms in total. The number of fused-ring (bicyclic) bond motifs is 1. The summed E-state index contributed by atoms with van der Waals surface area (Å²) in [6, 6.07) is 14.7. The first-order chi connectivity index (χ1) is 14.9. The molecule has 0 unspecified atom stereocenters. The van der Waals surface area contributed by atoms with E-state index in [1.54, 1.807) is 53.2 Å². The number of amides is 1. The quantitative estimate of drug-likeness (QED) is 0.601. The van der Waals surface area contributed by atoms with E-state index in [4.69, 9.17) is 0 Å². The maximum absolute atomic E-state index is 13.4. The maximum Gasteiger partial charge on any atom is 0.245 e. The number of carbonyl (C=O) groups is 1. The summed E-state index contributed by atoms with van der Waals surface area (Å²) in [5.74, 6) is -0.0648. The Bertz CT molecular complexity index is 1250. The SMILES string of the molecule is O=C1CSC2(CCN(S(=O)(=O)c3cccc4cccnc34)CC2)N1c1ccc(F)cc1. The molecular weight excluding hydrogens is 437 g/mol. The summed E-state index contributed by atoms with van der Waals surface area (Å²) in [7, 11) is -3.73. The van der Waals surface area contributed by atoms with E-state index in [0.717, 1.165) is 5.39 Å². The molecule has 3 aromatic rings.